The molecule has 1 N–H and O–H groups in total. The number of hydrogen-bond donors (Lipinski definition) is 1. The van der Waals surface area contributed by atoms with Crippen molar-refractivity contribution in [2.45, 2.75) is 25.8 Å². The molecule has 0 saturated carbocycles. The minimum atomic E-state index is 0.0102. The number of anilines is 1. The van der Waals surface area contributed by atoms with Gasteiger partial charge in [-0.15, -0.1) is 0 Å². The lowest BCUT2D eigenvalue weighted by molar-refractivity contribution is 0.0191. The van der Waals surface area contributed by atoms with E-state index in [1.807, 2.05) is 29.2 Å². The predicted octanol–water partition coefficient (Wildman–Crippen LogP) is 3.38. The topological polar surface area (TPSA) is 67.4 Å². The molecule has 0 atom stereocenters. The third-order valence-corrected chi connectivity index (χ3v) is 5.94. The van der Waals surface area contributed by atoms with Crippen LogP contribution in [-0.4, -0.2) is 47.1 Å². The summed E-state index contributed by atoms with van der Waals surface area (Å²) in [7, 11) is 0. The van der Waals surface area contributed by atoms with Crippen molar-refractivity contribution in [3.8, 4) is 0 Å². The Morgan fingerprint density at radius 3 is 2.67 bits per heavy atom. The van der Waals surface area contributed by atoms with Crippen molar-refractivity contribution in [1.82, 2.24) is 14.9 Å². The molecule has 2 saturated heterocycles. The van der Waals surface area contributed by atoms with Crippen LogP contribution in [0.2, 0.25) is 5.02 Å². The van der Waals surface area contributed by atoms with Gasteiger partial charge in [0.1, 0.15) is 0 Å². The summed E-state index contributed by atoms with van der Waals surface area (Å²) in [6.45, 7) is 3.74. The number of nitrogens with one attached hydrogen (secondary N) is 1. The zero-order chi connectivity index (χ0) is 18.7. The number of carbonyl (C=O) groups is 1. The Balaban J connectivity index is 1.36. The Kier molecular flexibility index (Phi) is 5.27. The van der Waals surface area contributed by atoms with Gasteiger partial charge >= 0.3 is 0 Å². The summed E-state index contributed by atoms with van der Waals surface area (Å²) in [5.41, 5.74) is 1.75. The van der Waals surface area contributed by atoms with E-state index in [1.165, 1.54) is 0 Å². The summed E-state index contributed by atoms with van der Waals surface area (Å²) < 4.78 is 5.47. The van der Waals surface area contributed by atoms with Crippen LogP contribution in [0.1, 0.15) is 35.2 Å². The van der Waals surface area contributed by atoms with Gasteiger partial charge < -0.3 is 15.0 Å². The van der Waals surface area contributed by atoms with Crippen molar-refractivity contribution in [1.29, 1.82) is 0 Å². The molecule has 1 aromatic carbocycles. The molecule has 0 radical (unpaired) electrons. The number of ether oxygens (including phenoxy) is 1. The number of carbonyl (C=O) groups excluding carboxylic acids is 1. The number of benzene rings is 1. The average Bonchev–Trinajstić information content (AvgIpc) is 3.11. The van der Waals surface area contributed by atoms with Gasteiger partial charge in [-0.05, 0) is 36.3 Å². The molecule has 1 aromatic heterocycles. The molecule has 0 aliphatic carbocycles. The molecule has 0 unspecified atom stereocenters. The van der Waals surface area contributed by atoms with Gasteiger partial charge in [-0.25, -0.2) is 9.97 Å². The van der Waals surface area contributed by atoms with Gasteiger partial charge in [0.05, 0.1) is 5.56 Å². The van der Waals surface area contributed by atoms with Gasteiger partial charge in [0.2, 0.25) is 5.95 Å². The number of hydrogen-bond acceptors (Lipinski definition) is 5. The highest BCUT2D eigenvalue weighted by atomic mass is 35.5. The zero-order valence-electron chi connectivity index (χ0n) is 15.2. The first-order valence-corrected chi connectivity index (χ1v) is 9.69. The summed E-state index contributed by atoms with van der Waals surface area (Å²) in [6, 6.07) is 7.63. The lowest BCUT2D eigenvalue weighted by Gasteiger charge is -2.33. The molecule has 0 bridgehead atoms. The minimum Gasteiger partial charge on any atom is -0.381 e. The Morgan fingerprint density at radius 2 is 1.93 bits per heavy atom. The first-order valence-electron chi connectivity index (χ1n) is 9.32. The molecule has 1 amide bonds. The normalized spacial score (nSPS) is 18.6. The molecule has 4 rings (SSSR count). The number of nitrogens with zero attached hydrogens (tertiary/aromatic N) is 3. The quantitative estimate of drug-likeness (QED) is 0.872. The van der Waals surface area contributed by atoms with E-state index in [9.17, 15) is 4.79 Å². The SMILES string of the molecule is O=C(c1cnc(NCc2ccccc2Cl)nc1)N1CCC2(CCOCC2)C1. The van der Waals surface area contributed by atoms with Crippen LogP contribution in [0.15, 0.2) is 36.7 Å². The van der Waals surface area contributed by atoms with E-state index >= 15 is 0 Å². The van der Waals surface area contributed by atoms with Crippen LogP contribution in [-0.2, 0) is 11.3 Å². The Morgan fingerprint density at radius 1 is 1.19 bits per heavy atom. The van der Waals surface area contributed by atoms with Crippen molar-refractivity contribution < 1.29 is 9.53 Å². The van der Waals surface area contributed by atoms with Crippen LogP contribution >= 0.6 is 11.6 Å². The van der Waals surface area contributed by atoms with Crippen LogP contribution in [0, 0.1) is 5.41 Å². The number of likely N-dealkylation sites (tertiary alicyclic amines) is 1. The molecule has 3 heterocycles. The smallest absolute Gasteiger partial charge is 0.257 e. The van der Waals surface area contributed by atoms with Gasteiger partial charge in [-0.3, -0.25) is 4.79 Å². The van der Waals surface area contributed by atoms with Crippen molar-refractivity contribution in [2.24, 2.45) is 5.41 Å². The molecule has 1 spiro atoms. The second kappa shape index (κ2) is 7.82. The summed E-state index contributed by atoms with van der Waals surface area (Å²) >= 11 is 6.15. The third kappa shape index (κ3) is 4.06. The standard InChI is InChI=1S/C20H23ClN4O2/c21-17-4-2-1-3-15(17)11-22-19-23-12-16(13-24-19)18(26)25-8-5-20(14-25)6-9-27-10-7-20/h1-4,12-13H,5-11,14H2,(H,22,23,24). The van der Waals surface area contributed by atoms with Crippen LogP contribution in [0.4, 0.5) is 5.95 Å². The summed E-state index contributed by atoms with van der Waals surface area (Å²) in [6.07, 6.45) is 6.33. The fraction of sp³-hybridized carbons (Fsp3) is 0.450. The first-order chi connectivity index (χ1) is 13.2. The van der Waals surface area contributed by atoms with E-state index in [0.717, 1.165) is 51.1 Å². The Bertz CT molecular complexity index is 806. The summed E-state index contributed by atoms with van der Waals surface area (Å²) in [5.74, 6) is 0.491. The van der Waals surface area contributed by atoms with Gasteiger partial charge in [0, 0.05) is 50.3 Å². The van der Waals surface area contributed by atoms with Gasteiger partial charge in [0.25, 0.3) is 5.91 Å². The maximum Gasteiger partial charge on any atom is 0.257 e. The van der Waals surface area contributed by atoms with Crippen molar-refractivity contribution in [3.63, 3.8) is 0 Å². The molecule has 7 heteroatoms. The van der Waals surface area contributed by atoms with Crippen LogP contribution in [0.5, 0.6) is 0 Å². The summed E-state index contributed by atoms with van der Waals surface area (Å²) in [4.78, 5) is 23.3. The maximum absolute atomic E-state index is 12.8. The number of amides is 1. The number of halogens is 1. The Hall–Kier alpha value is -2.18. The highest BCUT2D eigenvalue weighted by Crippen LogP contribution is 2.40. The number of rotatable bonds is 4. The van der Waals surface area contributed by atoms with Crippen LogP contribution in [0.3, 0.4) is 0 Å². The largest absolute Gasteiger partial charge is 0.381 e. The molecular formula is C20H23ClN4O2. The van der Waals surface area contributed by atoms with Crippen molar-refractivity contribution in [3.05, 3.63) is 52.8 Å². The maximum atomic E-state index is 12.8. The molecule has 2 aliphatic heterocycles. The fourth-order valence-corrected chi connectivity index (χ4v) is 4.05. The minimum absolute atomic E-state index is 0.0102. The zero-order valence-corrected chi connectivity index (χ0v) is 15.9. The van der Waals surface area contributed by atoms with E-state index in [0.29, 0.717) is 23.1 Å². The molecule has 27 heavy (non-hydrogen) atoms. The van der Waals surface area contributed by atoms with Gasteiger partial charge in [0.15, 0.2) is 0 Å². The molecular weight excluding hydrogens is 364 g/mol. The summed E-state index contributed by atoms with van der Waals surface area (Å²) in [5, 5.41) is 3.84. The van der Waals surface area contributed by atoms with Crippen molar-refractivity contribution in [2.75, 3.05) is 31.6 Å². The second-order valence-electron chi connectivity index (χ2n) is 7.33. The van der Waals surface area contributed by atoms with E-state index in [2.05, 4.69) is 15.3 Å². The lowest BCUT2D eigenvalue weighted by Crippen LogP contribution is -2.35. The average molecular weight is 387 g/mol. The first kappa shape index (κ1) is 18.2. The van der Waals surface area contributed by atoms with Crippen LogP contribution < -0.4 is 5.32 Å². The van der Waals surface area contributed by atoms with Crippen LogP contribution in [0.25, 0.3) is 0 Å². The van der Waals surface area contributed by atoms with E-state index in [1.54, 1.807) is 12.4 Å². The van der Waals surface area contributed by atoms with Gasteiger partial charge in [-0.2, -0.15) is 0 Å². The fourth-order valence-electron chi connectivity index (χ4n) is 3.85. The molecule has 2 fully saturated rings. The van der Waals surface area contributed by atoms with E-state index in [-0.39, 0.29) is 11.3 Å². The molecule has 2 aromatic rings. The Labute approximate surface area is 163 Å². The molecule has 6 nitrogen and oxygen atoms in total. The van der Waals surface area contributed by atoms with E-state index in [4.69, 9.17) is 16.3 Å². The second-order valence-corrected chi connectivity index (χ2v) is 7.74. The highest BCUT2D eigenvalue weighted by molar-refractivity contribution is 6.31. The molecule has 142 valence electrons. The molecule has 2 aliphatic rings. The highest BCUT2D eigenvalue weighted by Gasteiger charge is 2.41. The monoisotopic (exact) mass is 386 g/mol. The predicted molar refractivity (Wildman–Crippen MR) is 104 cm³/mol. The van der Waals surface area contributed by atoms with E-state index < -0.39 is 0 Å². The third-order valence-electron chi connectivity index (χ3n) is 5.57. The lowest BCUT2D eigenvalue weighted by atomic mass is 9.80. The van der Waals surface area contributed by atoms with Crippen molar-refractivity contribution >= 4 is 23.5 Å². The van der Waals surface area contributed by atoms with Gasteiger partial charge in [-0.1, -0.05) is 29.8 Å². The number of aromatic nitrogens is 2.